The van der Waals surface area contributed by atoms with E-state index in [0.29, 0.717) is 57.5 Å². The Morgan fingerprint density at radius 3 is 2.27 bits per heavy atom. The van der Waals surface area contributed by atoms with Crippen LogP contribution in [-0.2, 0) is 35.1 Å². The summed E-state index contributed by atoms with van der Waals surface area (Å²) in [6.45, 7) is 15.1. The van der Waals surface area contributed by atoms with Crippen molar-refractivity contribution in [3.05, 3.63) is 55.1 Å². The van der Waals surface area contributed by atoms with E-state index >= 15 is 0 Å². The molecule has 0 heterocycles. The minimum Gasteiger partial charge on any atom is -0.490 e. The molecule has 11 heteroatoms. The first-order valence-corrected chi connectivity index (χ1v) is 14.9. The summed E-state index contributed by atoms with van der Waals surface area (Å²) in [6, 6.07) is 5.88. The fourth-order valence-corrected chi connectivity index (χ4v) is 4.36. The highest BCUT2D eigenvalue weighted by Gasteiger charge is 2.28. The molecule has 1 aromatic rings. The highest BCUT2D eigenvalue weighted by Crippen LogP contribution is 2.19. The van der Waals surface area contributed by atoms with Crippen LogP contribution in [-0.4, -0.2) is 67.6 Å². The van der Waals surface area contributed by atoms with Crippen molar-refractivity contribution in [1.29, 1.82) is 0 Å². The summed E-state index contributed by atoms with van der Waals surface area (Å²) < 4.78 is 15.6. The summed E-state index contributed by atoms with van der Waals surface area (Å²) in [6.07, 6.45) is 5.67. The molecule has 44 heavy (non-hydrogen) atoms. The van der Waals surface area contributed by atoms with Crippen LogP contribution in [0.1, 0.15) is 71.8 Å². The summed E-state index contributed by atoms with van der Waals surface area (Å²) in [4.78, 5) is 61.5. The SMILES string of the molecule is C=CCOc1ccc(C[C@H](NC(C)=O)C(=O)C[C@@H](CCCCCNC(=O)OC(C)(C)C)C(=O)N[C@@H](CC=C)COC=O)cc1. The van der Waals surface area contributed by atoms with Gasteiger partial charge in [0.25, 0.3) is 6.47 Å². The van der Waals surface area contributed by atoms with Gasteiger partial charge in [-0.3, -0.25) is 19.2 Å². The first-order valence-electron chi connectivity index (χ1n) is 14.9. The van der Waals surface area contributed by atoms with Gasteiger partial charge in [0, 0.05) is 25.8 Å². The Morgan fingerprint density at radius 1 is 0.977 bits per heavy atom. The lowest BCUT2D eigenvalue weighted by atomic mass is 9.90. The minimum absolute atomic E-state index is 0.0285. The van der Waals surface area contributed by atoms with Gasteiger partial charge in [-0.15, -0.1) is 6.58 Å². The zero-order valence-electron chi connectivity index (χ0n) is 26.5. The number of carbonyl (C=O) groups is 5. The maximum atomic E-state index is 13.5. The molecule has 0 aromatic heterocycles. The number of amides is 3. The maximum absolute atomic E-state index is 13.5. The Kier molecular flexibility index (Phi) is 17.8. The van der Waals surface area contributed by atoms with Crippen molar-refractivity contribution in [3.63, 3.8) is 0 Å². The van der Waals surface area contributed by atoms with E-state index in [0.717, 1.165) is 5.56 Å². The molecule has 0 aliphatic heterocycles. The summed E-state index contributed by atoms with van der Waals surface area (Å²) in [7, 11) is 0. The standard InChI is InChI=1S/C33H49N3O8/c1-7-12-27(22-42-23-37)36-31(40)26(13-10-9-11-18-34-32(41)44-33(4,5)6)21-30(39)29(35-24(3)38)20-25-14-16-28(17-15-25)43-19-8-2/h7-8,14-17,23,26-27,29H,1-2,9-13,18-22H2,3-6H3,(H,34,41)(H,35,38)(H,36,40)/t26-,27+,29+/m1/s1. The average Bonchev–Trinajstić information content (AvgIpc) is 2.95. The van der Waals surface area contributed by atoms with Crippen molar-refractivity contribution < 1.29 is 38.2 Å². The lowest BCUT2D eigenvalue weighted by Gasteiger charge is -2.23. The predicted octanol–water partition coefficient (Wildman–Crippen LogP) is 4.19. The fraction of sp³-hybridized carbons (Fsp3) is 0.545. The van der Waals surface area contributed by atoms with Crippen molar-refractivity contribution in [2.45, 2.75) is 90.3 Å². The van der Waals surface area contributed by atoms with Crippen LogP contribution in [0.5, 0.6) is 5.75 Å². The molecule has 0 fully saturated rings. The lowest BCUT2D eigenvalue weighted by Crippen LogP contribution is -2.45. The van der Waals surface area contributed by atoms with Gasteiger partial charge in [-0.05, 0) is 64.2 Å². The molecule has 0 aliphatic rings. The Balaban J connectivity index is 2.94. The quantitative estimate of drug-likeness (QED) is 0.0999. The molecule has 0 aliphatic carbocycles. The van der Waals surface area contributed by atoms with E-state index in [2.05, 4.69) is 29.1 Å². The molecule has 0 saturated heterocycles. The number of hydrogen-bond donors (Lipinski definition) is 3. The molecule has 0 spiro atoms. The maximum Gasteiger partial charge on any atom is 0.407 e. The van der Waals surface area contributed by atoms with Gasteiger partial charge in [-0.2, -0.15) is 0 Å². The largest absolute Gasteiger partial charge is 0.490 e. The molecule has 0 unspecified atom stereocenters. The van der Waals surface area contributed by atoms with E-state index in [1.807, 2.05) is 12.1 Å². The van der Waals surface area contributed by atoms with Crippen LogP contribution >= 0.6 is 0 Å². The molecule has 0 saturated carbocycles. The van der Waals surface area contributed by atoms with Gasteiger partial charge in [-0.1, -0.05) is 43.7 Å². The molecular weight excluding hydrogens is 566 g/mol. The van der Waals surface area contributed by atoms with Crippen molar-refractivity contribution >= 4 is 30.2 Å². The number of rotatable bonds is 22. The van der Waals surface area contributed by atoms with Crippen molar-refractivity contribution in [2.24, 2.45) is 5.92 Å². The molecule has 3 N–H and O–H groups in total. The average molecular weight is 616 g/mol. The van der Waals surface area contributed by atoms with E-state index in [9.17, 15) is 24.0 Å². The zero-order chi connectivity index (χ0) is 33.0. The van der Waals surface area contributed by atoms with Crippen LogP contribution < -0.4 is 20.7 Å². The zero-order valence-corrected chi connectivity index (χ0v) is 26.5. The summed E-state index contributed by atoms with van der Waals surface area (Å²) in [5.41, 5.74) is 0.231. The van der Waals surface area contributed by atoms with Crippen LogP contribution in [0.3, 0.4) is 0 Å². The summed E-state index contributed by atoms with van der Waals surface area (Å²) in [5, 5.41) is 8.32. The number of hydrogen-bond acceptors (Lipinski definition) is 8. The number of Topliss-reactive ketones (excluding diaryl/α,β-unsaturated/α-hetero) is 1. The van der Waals surface area contributed by atoms with Crippen LogP contribution in [0.15, 0.2) is 49.6 Å². The van der Waals surface area contributed by atoms with Gasteiger partial charge >= 0.3 is 6.09 Å². The Hall–Kier alpha value is -4.15. The van der Waals surface area contributed by atoms with Crippen molar-refractivity contribution in [1.82, 2.24) is 16.0 Å². The highest BCUT2D eigenvalue weighted by molar-refractivity contribution is 5.92. The number of ether oxygens (including phenoxy) is 3. The molecular formula is C33H49N3O8. The third-order valence-electron chi connectivity index (χ3n) is 6.38. The first kappa shape index (κ1) is 37.9. The summed E-state index contributed by atoms with van der Waals surface area (Å²) in [5.74, 6) is -1.01. The monoisotopic (exact) mass is 615 g/mol. The summed E-state index contributed by atoms with van der Waals surface area (Å²) >= 11 is 0. The van der Waals surface area contributed by atoms with E-state index in [1.165, 1.54) is 6.92 Å². The number of carbonyl (C=O) groups excluding carboxylic acids is 5. The predicted molar refractivity (Wildman–Crippen MR) is 168 cm³/mol. The third kappa shape index (κ3) is 17.1. The molecule has 1 rings (SSSR count). The highest BCUT2D eigenvalue weighted by atomic mass is 16.6. The van der Waals surface area contributed by atoms with Crippen LogP contribution in [0.25, 0.3) is 0 Å². The topological polar surface area (TPSA) is 149 Å². The van der Waals surface area contributed by atoms with E-state index < -0.39 is 29.7 Å². The molecule has 0 bridgehead atoms. The minimum atomic E-state index is -0.830. The molecule has 3 atom stereocenters. The Labute approximate surface area is 261 Å². The number of ketones is 1. The van der Waals surface area contributed by atoms with Gasteiger partial charge < -0.3 is 30.2 Å². The number of alkyl carbamates (subject to hydrolysis) is 1. The van der Waals surface area contributed by atoms with E-state index in [-0.39, 0.29) is 37.0 Å². The van der Waals surface area contributed by atoms with E-state index in [1.54, 1.807) is 45.1 Å². The Bertz CT molecular complexity index is 1080. The van der Waals surface area contributed by atoms with Gasteiger partial charge in [-0.25, -0.2) is 4.79 Å². The smallest absolute Gasteiger partial charge is 0.407 e. The second-order valence-electron chi connectivity index (χ2n) is 11.5. The molecule has 1 aromatic carbocycles. The van der Waals surface area contributed by atoms with Crippen LogP contribution in [0.4, 0.5) is 4.79 Å². The van der Waals surface area contributed by atoms with Crippen LogP contribution in [0.2, 0.25) is 0 Å². The third-order valence-corrected chi connectivity index (χ3v) is 6.38. The van der Waals surface area contributed by atoms with Crippen molar-refractivity contribution in [3.8, 4) is 5.75 Å². The van der Waals surface area contributed by atoms with Gasteiger partial charge in [0.2, 0.25) is 11.8 Å². The molecule has 244 valence electrons. The second kappa shape index (κ2) is 20.7. The van der Waals surface area contributed by atoms with Gasteiger partial charge in [0.1, 0.15) is 24.6 Å². The second-order valence-corrected chi connectivity index (χ2v) is 11.5. The lowest BCUT2D eigenvalue weighted by molar-refractivity contribution is -0.134. The van der Waals surface area contributed by atoms with Gasteiger partial charge in [0.15, 0.2) is 5.78 Å². The molecule has 11 nitrogen and oxygen atoms in total. The van der Waals surface area contributed by atoms with E-state index in [4.69, 9.17) is 14.2 Å². The number of nitrogens with one attached hydrogen (secondary N) is 3. The Morgan fingerprint density at radius 2 is 1.68 bits per heavy atom. The molecule has 0 radical (unpaired) electrons. The number of unbranched alkanes of at least 4 members (excludes halogenated alkanes) is 2. The number of benzene rings is 1. The van der Waals surface area contributed by atoms with Gasteiger partial charge in [0.05, 0.1) is 12.1 Å². The normalized spacial score (nSPS) is 12.9. The fourth-order valence-electron chi connectivity index (χ4n) is 4.36. The molecule has 3 amide bonds. The van der Waals surface area contributed by atoms with Crippen LogP contribution in [0, 0.1) is 5.92 Å². The van der Waals surface area contributed by atoms with Crippen molar-refractivity contribution in [2.75, 3.05) is 19.8 Å². The first-order chi connectivity index (χ1) is 20.9.